The van der Waals surface area contributed by atoms with Gasteiger partial charge in [-0.15, -0.1) is 0 Å². The van der Waals surface area contributed by atoms with E-state index in [2.05, 4.69) is 10.2 Å². The number of carbonyl (C=O) groups excluding carboxylic acids is 1. The number of likely N-dealkylation sites (tertiary alicyclic amines) is 1. The van der Waals surface area contributed by atoms with Gasteiger partial charge < -0.3 is 23.9 Å². The molecule has 2 fully saturated rings. The predicted octanol–water partition coefficient (Wildman–Crippen LogP) is 2.54. The molecule has 0 saturated carbocycles. The molecular weight excluding hydrogens is 348 g/mol. The zero-order chi connectivity index (χ0) is 18.4. The molecule has 0 spiro atoms. The van der Waals surface area contributed by atoms with Crippen molar-refractivity contribution in [1.29, 1.82) is 0 Å². The molecule has 1 aromatic carbocycles. The third-order valence-corrected chi connectivity index (χ3v) is 5.39. The van der Waals surface area contributed by atoms with Crippen LogP contribution in [-0.2, 0) is 16.1 Å². The fourth-order valence-electron chi connectivity index (χ4n) is 4.14. The Labute approximate surface area is 157 Å². The van der Waals surface area contributed by atoms with Crippen LogP contribution in [0.3, 0.4) is 0 Å². The minimum atomic E-state index is -0.149. The fourth-order valence-corrected chi connectivity index (χ4v) is 4.14. The van der Waals surface area contributed by atoms with Gasteiger partial charge in [0, 0.05) is 24.8 Å². The number of nitrogens with zero attached hydrogens (tertiary/aromatic N) is 1. The summed E-state index contributed by atoms with van der Waals surface area (Å²) in [5.74, 6) is 3.09. The van der Waals surface area contributed by atoms with Gasteiger partial charge in [0.1, 0.15) is 11.5 Å². The predicted molar refractivity (Wildman–Crippen MR) is 96.7 cm³/mol. The van der Waals surface area contributed by atoms with Crippen LogP contribution < -0.4 is 14.8 Å². The number of fused-ring (bicyclic) bond motifs is 3. The van der Waals surface area contributed by atoms with E-state index in [0.29, 0.717) is 17.2 Å². The summed E-state index contributed by atoms with van der Waals surface area (Å²) in [7, 11) is 0. The zero-order valence-corrected chi connectivity index (χ0v) is 15.1. The normalized spacial score (nSPS) is 26.3. The lowest BCUT2D eigenvalue weighted by molar-refractivity contribution is -0.123. The second-order valence-corrected chi connectivity index (χ2v) is 7.40. The summed E-state index contributed by atoms with van der Waals surface area (Å²) in [4.78, 5) is 15.1. The number of hydrogen-bond donors (Lipinski definition) is 1. The van der Waals surface area contributed by atoms with Gasteiger partial charge >= 0.3 is 0 Å². The van der Waals surface area contributed by atoms with E-state index in [1.807, 2.05) is 31.2 Å². The van der Waals surface area contributed by atoms with Crippen molar-refractivity contribution < 1.29 is 23.4 Å². The third-order valence-electron chi connectivity index (χ3n) is 5.39. The van der Waals surface area contributed by atoms with E-state index in [4.69, 9.17) is 18.6 Å². The molecule has 7 nitrogen and oxygen atoms in total. The van der Waals surface area contributed by atoms with Gasteiger partial charge in [0.05, 0.1) is 24.7 Å². The van der Waals surface area contributed by atoms with Gasteiger partial charge in [-0.1, -0.05) is 0 Å². The molecule has 2 bridgehead atoms. The van der Waals surface area contributed by atoms with Crippen LogP contribution in [0.2, 0.25) is 0 Å². The first-order chi connectivity index (χ1) is 13.1. The number of ether oxygens (including phenoxy) is 3. The number of rotatable bonds is 4. The maximum absolute atomic E-state index is 12.8. The molecule has 3 atom stereocenters. The Morgan fingerprint density at radius 2 is 2.07 bits per heavy atom. The SMILES string of the molecule is Cc1ccc(CN2C[C@@H]3C[C@@H](C(=O)Nc4ccc5c(c4)OCO5)[C@H](C2)O3)o1. The highest BCUT2D eigenvalue weighted by atomic mass is 16.7. The summed E-state index contributed by atoms with van der Waals surface area (Å²) < 4.78 is 22.4. The number of furan rings is 1. The number of carbonyl (C=O) groups is 1. The Hall–Kier alpha value is -2.51. The monoisotopic (exact) mass is 370 g/mol. The zero-order valence-electron chi connectivity index (χ0n) is 15.1. The van der Waals surface area contributed by atoms with E-state index in [-0.39, 0.29) is 30.8 Å². The van der Waals surface area contributed by atoms with Crippen molar-refractivity contribution >= 4 is 11.6 Å². The first-order valence-corrected chi connectivity index (χ1v) is 9.28. The summed E-state index contributed by atoms with van der Waals surface area (Å²) in [6.07, 6.45) is 0.746. The van der Waals surface area contributed by atoms with Crippen LogP contribution in [0.25, 0.3) is 0 Å². The quantitative estimate of drug-likeness (QED) is 0.892. The van der Waals surface area contributed by atoms with Crippen LogP contribution in [0.4, 0.5) is 5.69 Å². The molecule has 7 heteroatoms. The number of benzene rings is 1. The summed E-state index contributed by atoms with van der Waals surface area (Å²) in [5, 5.41) is 3.00. The highest BCUT2D eigenvalue weighted by Crippen LogP contribution is 2.36. The van der Waals surface area contributed by atoms with Crippen molar-refractivity contribution in [2.45, 2.75) is 32.1 Å². The third kappa shape index (κ3) is 3.28. The maximum Gasteiger partial charge on any atom is 0.231 e. The molecule has 2 saturated heterocycles. The Kier molecular flexibility index (Phi) is 4.06. The molecule has 142 valence electrons. The molecule has 4 heterocycles. The summed E-state index contributed by atoms with van der Waals surface area (Å²) in [6, 6.07) is 9.43. The molecule has 5 rings (SSSR count). The Morgan fingerprint density at radius 1 is 1.19 bits per heavy atom. The van der Waals surface area contributed by atoms with Crippen molar-refractivity contribution in [3.8, 4) is 11.5 Å². The van der Waals surface area contributed by atoms with Gasteiger partial charge in [0.15, 0.2) is 11.5 Å². The van der Waals surface area contributed by atoms with E-state index in [0.717, 1.165) is 37.6 Å². The average molecular weight is 370 g/mol. The van der Waals surface area contributed by atoms with Gasteiger partial charge in [0.25, 0.3) is 0 Å². The molecule has 3 aliphatic heterocycles. The first-order valence-electron chi connectivity index (χ1n) is 9.28. The van der Waals surface area contributed by atoms with Crippen LogP contribution in [0.15, 0.2) is 34.7 Å². The van der Waals surface area contributed by atoms with Crippen LogP contribution in [0, 0.1) is 12.8 Å². The van der Waals surface area contributed by atoms with Crippen LogP contribution in [0.5, 0.6) is 11.5 Å². The van der Waals surface area contributed by atoms with E-state index >= 15 is 0 Å². The average Bonchev–Trinajstić information content (AvgIpc) is 3.34. The number of hydrogen-bond acceptors (Lipinski definition) is 6. The highest BCUT2D eigenvalue weighted by molar-refractivity contribution is 5.93. The van der Waals surface area contributed by atoms with E-state index in [1.165, 1.54) is 0 Å². The second-order valence-electron chi connectivity index (χ2n) is 7.40. The summed E-state index contributed by atoms with van der Waals surface area (Å²) in [6.45, 7) is 4.47. The standard InChI is InChI=1S/C20H22N2O5/c1-12-2-4-14(26-12)8-22-9-15-7-16(19(10-22)27-15)20(23)21-13-3-5-17-18(6-13)25-11-24-17/h2-6,15-16,19H,7-11H2,1H3,(H,21,23)/t15-,16+,19-/m0/s1. The van der Waals surface area contributed by atoms with Crippen molar-refractivity contribution in [3.63, 3.8) is 0 Å². The largest absolute Gasteiger partial charge is 0.465 e. The summed E-state index contributed by atoms with van der Waals surface area (Å²) in [5.41, 5.74) is 0.716. The Bertz CT molecular complexity index is 864. The maximum atomic E-state index is 12.8. The minimum absolute atomic E-state index is 0.00272. The molecule has 3 aliphatic rings. The topological polar surface area (TPSA) is 73.2 Å². The molecule has 0 aliphatic carbocycles. The summed E-state index contributed by atoms with van der Waals surface area (Å²) >= 11 is 0. The number of anilines is 1. The molecule has 1 amide bonds. The molecule has 27 heavy (non-hydrogen) atoms. The van der Waals surface area contributed by atoms with E-state index in [1.54, 1.807) is 6.07 Å². The lowest BCUT2D eigenvalue weighted by atomic mass is 9.99. The number of amides is 1. The second kappa shape index (κ2) is 6.58. The highest BCUT2D eigenvalue weighted by Gasteiger charge is 2.44. The Morgan fingerprint density at radius 3 is 2.93 bits per heavy atom. The number of nitrogens with one attached hydrogen (secondary N) is 1. The molecule has 2 aromatic rings. The Balaban J connectivity index is 1.23. The van der Waals surface area contributed by atoms with Crippen LogP contribution >= 0.6 is 0 Å². The van der Waals surface area contributed by atoms with Crippen molar-refractivity contribution in [2.75, 3.05) is 25.2 Å². The molecule has 1 aromatic heterocycles. The lowest BCUT2D eigenvalue weighted by Crippen LogP contribution is -2.44. The fraction of sp³-hybridized carbons (Fsp3) is 0.450. The van der Waals surface area contributed by atoms with Crippen molar-refractivity contribution in [1.82, 2.24) is 4.90 Å². The van der Waals surface area contributed by atoms with E-state index in [9.17, 15) is 4.79 Å². The van der Waals surface area contributed by atoms with Gasteiger partial charge in [-0.05, 0) is 37.6 Å². The molecule has 0 radical (unpaired) electrons. The molecule has 0 unspecified atom stereocenters. The minimum Gasteiger partial charge on any atom is -0.465 e. The molecule has 1 N–H and O–H groups in total. The lowest BCUT2D eigenvalue weighted by Gasteiger charge is -2.32. The number of morpholine rings is 1. The molecular formula is C20H22N2O5. The smallest absolute Gasteiger partial charge is 0.231 e. The van der Waals surface area contributed by atoms with Gasteiger partial charge in [0.2, 0.25) is 12.7 Å². The van der Waals surface area contributed by atoms with Gasteiger partial charge in [-0.3, -0.25) is 9.69 Å². The van der Waals surface area contributed by atoms with Crippen LogP contribution in [0.1, 0.15) is 17.9 Å². The van der Waals surface area contributed by atoms with Crippen molar-refractivity contribution in [3.05, 3.63) is 41.9 Å². The van der Waals surface area contributed by atoms with Gasteiger partial charge in [-0.2, -0.15) is 0 Å². The first kappa shape index (κ1) is 16.6. The van der Waals surface area contributed by atoms with Crippen molar-refractivity contribution in [2.24, 2.45) is 5.92 Å². The van der Waals surface area contributed by atoms with Gasteiger partial charge in [-0.25, -0.2) is 0 Å². The van der Waals surface area contributed by atoms with Crippen LogP contribution in [-0.4, -0.2) is 42.9 Å². The number of aryl methyl sites for hydroxylation is 1. The van der Waals surface area contributed by atoms with E-state index < -0.39 is 0 Å².